The Labute approximate surface area is 142 Å². The molecule has 1 aliphatic rings. The minimum absolute atomic E-state index is 0.0130. The first-order valence-electron chi connectivity index (χ1n) is 7.02. The Morgan fingerprint density at radius 2 is 1.76 bits per heavy atom. The van der Waals surface area contributed by atoms with E-state index in [1.165, 1.54) is 48.5 Å². The second-order valence-electron chi connectivity index (χ2n) is 5.14. The number of hydrogen-bond acceptors (Lipinski definition) is 6. The number of nitro groups is 1. The lowest BCUT2D eigenvalue weighted by Crippen LogP contribution is -2.37. The first-order chi connectivity index (χ1) is 11.8. The van der Waals surface area contributed by atoms with Gasteiger partial charge in [-0.2, -0.15) is 0 Å². The molecular formula is C15H11N3O6S. The lowest BCUT2D eigenvalue weighted by atomic mass is 10.2. The molecule has 3 rings (SSSR count). The lowest BCUT2D eigenvalue weighted by Gasteiger charge is -2.14. The number of anilines is 1. The molecule has 25 heavy (non-hydrogen) atoms. The molecule has 0 aromatic heterocycles. The highest BCUT2D eigenvalue weighted by atomic mass is 32.2. The minimum Gasteiger partial charge on any atom is -0.319 e. The van der Waals surface area contributed by atoms with E-state index in [-0.39, 0.29) is 21.8 Å². The molecule has 0 atom stereocenters. The van der Waals surface area contributed by atoms with Crippen LogP contribution in [0.15, 0.2) is 53.4 Å². The molecule has 0 fully saturated rings. The van der Waals surface area contributed by atoms with Gasteiger partial charge in [0.25, 0.3) is 21.6 Å². The van der Waals surface area contributed by atoms with Crippen molar-refractivity contribution in [3.8, 4) is 0 Å². The van der Waals surface area contributed by atoms with Gasteiger partial charge in [0.1, 0.15) is 17.1 Å². The van der Waals surface area contributed by atoms with Gasteiger partial charge in [-0.3, -0.25) is 19.7 Å². The van der Waals surface area contributed by atoms with Crippen LogP contribution in [0.2, 0.25) is 0 Å². The Morgan fingerprint density at radius 3 is 2.44 bits per heavy atom. The van der Waals surface area contributed by atoms with Crippen molar-refractivity contribution in [3.05, 3.63) is 64.2 Å². The summed E-state index contributed by atoms with van der Waals surface area (Å²) >= 11 is 0. The molecule has 10 heteroatoms. The molecule has 2 aromatic rings. The number of carbonyl (C=O) groups excluding carboxylic acids is 2. The maximum atomic E-state index is 12.4. The Balaban J connectivity index is 1.84. The fraction of sp³-hybridized carbons (Fsp3) is 0.0667. The molecule has 0 saturated carbocycles. The van der Waals surface area contributed by atoms with Gasteiger partial charge in [-0.15, -0.1) is 0 Å². The van der Waals surface area contributed by atoms with Crippen LogP contribution in [-0.4, -0.2) is 36.0 Å². The van der Waals surface area contributed by atoms with Crippen LogP contribution in [0.5, 0.6) is 0 Å². The van der Waals surface area contributed by atoms with Gasteiger partial charge in [0, 0.05) is 6.07 Å². The summed E-state index contributed by atoms with van der Waals surface area (Å²) in [6, 6.07) is 11.0. The predicted molar refractivity (Wildman–Crippen MR) is 86.4 cm³/mol. The van der Waals surface area contributed by atoms with Crippen LogP contribution in [0, 0.1) is 10.1 Å². The second kappa shape index (κ2) is 5.98. The van der Waals surface area contributed by atoms with E-state index in [1.54, 1.807) is 0 Å². The number of benzene rings is 2. The second-order valence-corrected chi connectivity index (χ2v) is 6.97. The molecule has 1 aliphatic heterocycles. The number of fused-ring (bicyclic) bond motifs is 1. The smallest absolute Gasteiger partial charge is 0.292 e. The fourth-order valence-corrected chi connectivity index (χ4v) is 3.97. The predicted octanol–water partition coefficient (Wildman–Crippen LogP) is 1.38. The zero-order valence-corrected chi connectivity index (χ0v) is 13.4. The minimum atomic E-state index is -4.12. The van der Waals surface area contributed by atoms with Gasteiger partial charge in [0.05, 0.1) is 10.5 Å². The number of para-hydroxylation sites is 2. The van der Waals surface area contributed by atoms with Gasteiger partial charge in [0.2, 0.25) is 5.91 Å². The summed E-state index contributed by atoms with van der Waals surface area (Å²) in [5, 5.41) is 13.2. The largest absolute Gasteiger partial charge is 0.319 e. The van der Waals surface area contributed by atoms with E-state index < -0.39 is 33.3 Å². The molecule has 0 radical (unpaired) electrons. The maximum Gasteiger partial charge on any atom is 0.292 e. The summed E-state index contributed by atoms with van der Waals surface area (Å²) in [6.07, 6.45) is 0. The van der Waals surface area contributed by atoms with E-state index in [0.29, 0.717) is 4.31 Å². The van der Waals surface area contributed by atoms with E-state index in [2.05, 4.69) is 5.32 Å². The Kier molecular flexibility index (Phi) is 3.97. The lowest BCUT2D eigenvalue weighted by molar-refractivity contribution is -0.383. The number of nitrogens with one attached hydrogen (secondary N) is 1. The third-order valence-electron chi connectivity index (χ3n) is 3.57. The van der Waals surface area contributed by atoms with Crippen molar-refractivity contribution < 1.29 is 22.9 Å². The molecule has 0 unspecified atom stereocenters. The number of rotatable bonds is 4. The molecular weight excluding hydrogens is 350 g/mol. The Hall–Kier alpha value is -3.27. The van der Waals surface area contributed by atoms with Gasteiger partial charge in [0.15, 0.2) is 0 Å². The van der Waals surface area contributed by atoms with Crippen molar-refractivity contribution in [1.29, 1.82) is 0 Å². The third kappa shape index (κ3) is 2.83. The quantitative estimate of drug-likeness (QED) is 0.647. The highest BCUT2D eigenvalue weighted by molar-refractivity contribution is 7.90. The molecule has 0 bridgehead atoms. The third-order valence-corrected chi connectivity index (χ3v) is 5.36. The first-order valence-corrected chi connectivity index (χ1v) is 8.46. The van der Waals surface area contributed by atoms with Crippen LogP contribution < -0.4 is 5.32 Å². The van der Waals surface area contributed by atoms with Gasteiger partial charge in [-0.25, -0.2) is 12.7 Å². The zero-order chi connectivity index (χ0) is 18.2. The summed E-state index contributed by atoms with van der Waals surface area (Å²) in [6.45, 7) is -0.776. The normalized spacial score (nSPS) is 14.9. The van der Waals surface area contributed by atoms with Crippen LogP contribution in [0.4, 0.5) is 11.4 Å². The van der Waals surface area contributed by atoms with E-state index in [9.17, 15) is 28.1 Å². The number of hydrogen-bond donors (Lipinski definition) is 1. The van der Waals surface area contributed by atoms with Crippen LogP contribution >= 0.6 is 0 Å². The zero-order valence-electron chi connectivity index (χ0n) is 12.6. The van der Waals surface area contributed by atoms with Gasteiger partial charge >= 0.3 is 0 Å². The van der Waals surface area contributed by atoms with Gasteiger partial charge < -0.3 is 5.32 Å². The molecule has 1 heterocycles. The van der Waals surface area contributed by atoms with Gasteiger partial charge in [-0.05, 0) is 18.2 Å². The number of sulfonamides is 1. The summed E-state index contributed by atoms with van der Waals surface area (Å²) < 4.78 is 25.2. The summed E-state index contributed by atoms with van der Waals surface area (Å²) in [4.78, 5) is 34.5. The van der Waals surface area contributed by atoms with E-state index in [0.717, 1.165) is 0 Å². The fourth-order valence-electron chi connectivity index (χ4n) is 2.45. The first kappa shape index (κ1) is 16.6. The molecule has 1 N–H and O–H groups in total. The van der Waals surface area contributed by atoms with E-state index >= 15 is 0 Å². The van der Waals surface area contributed by atoms with Crippen molar-refractivity contribution in [2.24, 2.45) is 0 Å². The maximum absolute atomic E-state index is 12.4. The van der Waals surface area contributed by atoms with E-state index in [4.69, 9.17) is 0 Å². The van der Waals surface area contributed by atoms with Crippen molar-refractivity contribution in [2.45, 2.75) is 4.90 Å². The Bertz CT molecular complexity index is 1000. The summed E-state index contributed by atoms with van der Waals surface area (Å²) in [7, 11) is -4.12. The molecule has 128 valence electrons. The van der Waals surface area contributed by atoms with Crippen LogP contribution in [0.3, 0.4) is 0 Å². The standard InChI is InChI=1S/C15H11N3O6S/c19-14(16-11-6-2-3-7-12(11)18(21)22)9-17-15(20)10-5-1-4-8-13(10)25(17,23)24/h1-8H,9H2,(H,16,19). The number of nitrogens with zero attached hydrogens (tertiary/aromatic N) is 2. The Morgan fingerprint density at radius 1 is 1.12 bits per heavy atom. The SMILES string of the molecule is O=C(CN1C(=O)c2ccccc2S1(=O)=O)Nc1ccccc1[N+](=O)[O-]. The molecule has 9 nitrogen and oxygen atoms in total. The van der Waals surface area contributed by atoms with Gasteiger partial charge in [-0.1, -0.05) is 24.3 Å². The molecule has 2 aromatic carbocycles. The number of carbonyl (C=O) groups is 2. The highest BCUT2D eigenvalue weighted by Gasteiger charge is 2.41. The monoisotopic (exact) mass is 361 g/mol. The average Bonchev–Trinajstić information content (AvgIpc) is 2.76. The van der Waals surface area contributed by atoms with Crippen LogP contribution in [-0.2, 0) is 14.8 Å². The highest BCUT2D eigenvalue weighted by Crippen LogP contribution is 2.30. The average molecular weight is 361 g/mol. The van der Waals surface area contributed by atoms with Crippen molar-refractivity contribution in [3.63, 3.8) is 0 Å². The number of amides is 2. The van der Waals surface area contributed by atoms with Crippen molar-refractivity contribution in [2.75, 3.05) is 11.9 Å². The topological polar surface area (TPSA) is 127 Å². The molecule has 2 amide bonds. The molecule has 0 saturated heterocycles. The van der Waals surface area contributed by atoms with Crippen LogP contribution in [0.25, 0.3) is 0 Å². The van der Waals surface area contributed by atoms with E-state index in [1.807, 2.05) is 0 Å². The van der Waals surface area contributed by atoms with Crippen molar-refractivity contribution >= 4 is 33.2 Å². The summed E-state index contributed by atoms with van der Waals surface area (Å²) in [5.41, 5.74) is -0.435. The molecule has 0 aliphatic carbocycles. The molecule has 0 spiro atoms. The van der Waals surface area contributed by atoms with Crippen LogP contribution in [0.1, 0.15) is 10.4 Å². The number of nitro benzene ring substituents is 1. The van der Waals surface area contributed by atoms with Crippen molar-refractivity contribution in [1.82, 2.24) is 4.31 Å². The summed E-state index contributed by atoms with van der Waals surface area (Å²) in [5.74, 6) is -1.67.